The van der Waals surface area contributed by atoms with Crippen molar-refractivity contribution in [3.05, 3.63) is 223 Å². The average Bonchev–Trinajstić information content (AvgIpc) is 3.83. The van der Waals surface area contributed by atoms with Gasteiger partial charge in [0.25, 0.3) is 0 Å². The molecule has 4 heteroatoms. The van der Waals surface area contributed by atoms with Crippen LogP contribution in [-0.4, -0.2) is 15.0 Å². The van der Waals surface area contributed by atoms with Gasteiger partial charge in [-0.3, -0.25) is 0 Å². The van der Waals surface area contributed by atoms with E-state index >= 15 is 0 Å². The third-order valence-corrected chi connectivity index (χ3v) is 12.7. The van der Waals surface area contributed by atoms with E-state index in [4.69, 9.17) is 4.99 Å². The van der Waals surface area contributed by atoms with Crippen molar-refractivity contribution in [3.63, 3.8) is 0 Å². The molecular weight excluding hydrogens is 729 g/mol. The minimum Gasteiger partial charge on any atom is -0.359 e. The Kier molecular flexibility index (Phi) is 7.04. The number of rotatable bonds is 4. The first-order valence-corrected chi connectivity index (χ1v) is 20.7. The second-order valence-corrected chi connectivity index (χ2v) is 16.0. The van der Waals surface area contributed by atoms with Crippen LogP contribution in [0.25, 0.3) is 87.3 Å². The zero-order valence-corrected chi connectivity index (χ0v) is 32.5. The first-order valence-electron chi connectivity index (χ1n) is 20.7. The standard InChI is InChI=1S/C56H36N4/c1-3-15-37(16-4-1)55-45-21-11-12-22-48(45)57-56(58-55)40-24-23-39-32-42(28-25-38(39)31-40)60-50-30-27-36-14-8-10-20-44(36)54(50)47-33-46-51(34-52(47)60)59(41-17-5-2-6-18-41)49-29-26-35-13-7-9-19-43(35)53(46)49/h1-34,55H,(H,57,58). The highest BCUT2D eigenvalue weighted by molar-refractivity contribution is 6.28. The second-order valence-electron chi connectivity index (χ2n) is 16.0. The van der Waals surface area contributed by atoms with E-state index in [0.717, 1.165) is 28.5 Å². The van der Waals surface area contributed by atoms with Crippen LogP contribution in [0.15, 0.2) is 211 Å². The van der Waals surface area contributed by atoms with Crippen LogP contribution in [0.5, 0.6) is 0 Å². The fourth-order valence-electron chi connectivity index (χ4n) is 9.98. The van der Waals surface area contributed by atoms with E-state index in [1.807, 2.05) is 0 Å². The van der Waals surface area contributed by atoms with E-state index in [1.54, 1.807) is 0 Å². The summed E-state index contributed by atoms with van der Waals surface area (Å²) in [5.41, 5.74) is 11.5. The van der Waals surface area contributed by atoms with E-state index in [9.17, 15) is 0 Å². The number of benzene rings is 10. The molecule has 0 saturated heterocycles. The molecule has 0 saturated carbocycles. The normalized spacial score (nSPS) is 14.1. The zero-order chi connectivity index (χ0) is 39.3. The molecule has 1 aliphatic rings. The molecule has 280 valence electrons. The fraction of sp³-hybridized carbons (Fsp3) is 0.0179. The highest BCUT2D eigenvalue weighted by Gasteiger charge is 2.25. The van der Waals surface area contributed by atoms with Gasteiger partial charge >= 0.3 is 0 Å². The Hall–Kier alpha value is -7.95. The lowest BCUT2D eigenvalue weighted by molar-refractivity contribution is 0.749. The Bertz CT molecular complexity index is 3740. The lowest BCUT2D eigenvalue weighted by Crippen LogP contribution is -2.32. The third-order valence-electron chi connectivity index (χ3n) is 12.7. The van der Waals surface area contributed by atoms with Gasteiger partial charge in [-0.15, -0.1) is 0 Å². The molecule has 0 fully saturated rings. The lowest BCUT2D eigenvalue weighted by atomic mass is 9.94. The van der Waals surface area contributed by atoms with Gasteiger partial charge in [0.15, 0.2) is 0 Å². The summed E-state index contributed by atoms with van der Waals surface area (Å²) in [6, 6.07) is 75.2. The summed E-state index contributed by atoms with van der Waals surface area (Å²) in [7, 11) is 0. The van der Waals surface area contributed by atoms with Gasteiger partial charge in [0.2, 0.25) is 0 Å². The molecule has 0 spiro atoms. The summed E-state index contributed by atoms with van der Waals surface area (Å²) in [5, 5.41) is 16.2. The Labute approximate surface area is 345 Å². The summed E-state index contributed by atoms with van der Waals surface area (Å²) < 4.78 is 4.92. The molecule has 1 N–H and O–H groups in total. The number of hydrogen-bond donors (Lipinski definition) is 1. The van der Waals surface area contributed by atoms with Crippen LogP contribution in [-0.2, 0) is 0 Å². The maximum absolute atomic E-state index is 5.14. The van der Waals surface area contributed by atoms with E-state index < -0.39 is 0 Å². The molecule has 1 aliphatic heterocycles. The molecule has 3 heterocycles. The number of hydrogen-bond acceptors (Lipinski definition) is 2. The van der Waals surface area contributed by atoms with Crippen LogP contribution < -0.4 is 5.32 Å². The first-order chi connectivity index (χ1) is 29.7. The average molecular weight is 765 g/mol. The van der Waals surface area contributed by atoms with Crippen molar-refractivity contribution in [1.29, 1.82) is 0 Å². The number of aliphatic imine (C=N–C) groups is 1. The highest BCUT2D eigenvalue weighted by Crippen LogP contribution is 2.44. The summed E-state index contributed by atoms with van der Waals surface area (Å²) in [6.07, 6.45) is 0. The fourth-order valence-corrected chi connectivity index (χ4v) is 9.98. The van der Waals surface area contributed by atoms with Crippen molar-refractivity contribution in [2.24, 2.45) is 4.99 Å². The first kappa shape index (κ1) is 33.1. The van der Waals surface area contributed by atoms with Gasteiger partial charge in [-0.2, -0.15) is 0 Å². The van der Waals surface area contributed by atoms with Crippen molar-refractivity contribution in [3.8, 4) is 11.4 Å². The maximum atomic E-state index is 5.14. The SMILES string of the molecule is c1ccc(C2NC(c3ccc4cc(-n5c6cc7c(cc6c6c8ccccc8ccc65)c5c6ccccc6ccc5n7-c5ccccc5)ccc4c3)=Nc3ccccc32)cc1. The lowest BCUT2D eigenvalue weighted by Gasteiger charge is -2.27. The van der Waals surface area contributed by atoms with Gasteiger partial charge in [-0.25, -0.2) is 4.99 Å². The minimum absolute atomic E-state index is 0.0186. The molecule has 0 bridgehead atoms. The number of aromatic nitrogens is 2. The molecule has 1 unspecified atom stereocenters. The Morgan fingerprint density at radius 2 is 0.950 bits per heavy atom. The molecule has 4 nitrogen and oxygen atoms in total. The number of para-hydroxylation sites is 2. The molecule has 0 aliphatic carbocycles. The number of nitrogens with one attached hydrogen (secondary N) is 1. The molecule has 10 aromatic carbocycles. The summed E-state index contributed by atoms with van der Waals surface area (Å²) in [6.45, 7) is 0. The van der Waals surface area contributed by atoms with E-state index in [-0.39, 0.29) is 6.04 Å². The maximum Gasteiger partial charge on any atom is 0.134 e. The van der Waals surface area contributed by atoms with Crippen molar-refractivity contribution < 1.29 is 0 Å². The molecule has 1 atom stereocenters. The van der Waals surface area contributed by atoms with Crippen LogP contribution in [0, 0.1) is 0 Å². The third kappa shape index (κ3) is 4.88. The topological polar surface area (TPSA) is 34.2 Å². The van der Waals surface area contributed by atoms with Crippen molar-refractivity contribution in [1.82, 2.24) is 14.5 Å². The summed E-state index contributed by atoms with van der Waals surface area (Å²) >= 11 is 0. The number of nitrogens with zero attached hydrogens (tertiary/aromatic N) is 3. The Balaban J connectivity index is 1.04. The minimum atomic E-state index is 0.0186. The van der Waals surface area contributed by atoms with Crippen LogP contribution in [0.1, 0.15) is 22.7 Å². The molecular formula is C56H36N4. The molecule has 13 rings (SSSR count). The van der Waals surface area contributed by atoms with Gasteiger partial charge in [-0.05, 0) is 98.5 Å². The van der Waals surface area contributed by atoms with Crippen molar-refractivity contribution in [2.45, 2.75) is 6.04 Å². The van der Waals surface area contributed by atoms with E-state index in [2.05, 4.69) is 221 Å². The van der Waals surface area contributed by atoms with Gasteiger partial charge in [0, 0.05) is 44.0 Å². The quantitative estimate of drug-likeness (QED) is 0.190. The molecule has 2 aromatic heterocycles. The molecule has 12 aromatic rings. The Morgan fingerprint density at radius 3 is 1.67 bits per heavy atom. The number of amidine groups is 1. The molecule has 0 amide bonds. The monoisotopic (exact) mass is 764 g/mol. The van der Waals surface area contributed by atoms with Crippen LogP contribution in [0.2, 0.25) is 0 Å². The van der Waals surface area contributed by atoms with Gasteiger partial charge < -0.3 is 14.5 Å². The van der Waals surface area contributed by atoms with Crippen LogP contribution in [0.3, 0.4) is 0 Å². The largest absolute Gasteiger partial charge is 0.359 e. The Morgan fingerprint density at radius 1 is 0.383 bits per heavy atom. The van der Waals surface area contributed by atoms with Crippen molar-refractivity contribution >= 4 is 87.5 Å². The van der Waals surface area contributed by atoms with E-state index in [1.165, 1.54) is 87.1 Å². The summed E-state index contributed by atoms with van der Waals surface area (Å²) in [4.78, 5) is 5.14. The van der Waals surface area contributed by atoms with Crippen molar-refractivity contribution in [2.75, 3.05) is 0 Å². The van der Waals surface area contributed by atoms with Gasteiger partial charge in [0.1, 0.15) is 5.84 Å². The predicted octanol–water partition coefficient (Wildman–Crippen LogP) is 14.1. The second kappa shape index (κ2) is 12.8. The van der Waals surface area contributed by atoms with Gasteiger partial charge in [-0.1, -0.05) is 146 Å². The van der Waals surface area contributed by atoms with Crippen LogP contribution in [0.4, 0.5) is 5.69 Å². The summed E-state index contributed by atoms with van der Waals surface area (Å²) in [5.74, 6) is 0.883. The smallest absolute Gasteiger partial charge is 0.134 e. The van der Waals surface area contributed by atoms with Gasteiger partial charge in [0.05, 0.1) is 33.8 Å². The molecule has 60 heavy (non-hydrogen) atoms. The van der Waals surface area contributed by atoms with E-state index in [0.29, 0.717) is 0 Å². The highest BCUT2D eigenvalue weighted by atomic mass is 15.1. The molecule has 0 radical (unpaired) electrons. The van der Waals surface area contributed by atoms with Crippen LogP contribution >= 0.6 is 0 Å². The zero-order valence-electron chi connectivity index (χ0n) is 32.5. The number of fused-ring (bicyclic) bond motifs is 12. The predicted molar refractivity (Wildman–Crippen MR) is 252 cm³/mol.